The van der Waals surface area contributed by atoms with Gasteiger partial charge in [0.1, 0.15) is 5.82 Å². The van der Waals surface area contributed by atoms with Crippen molar-refractivity contribution in [2.75, 3.05) is 18.4 Å². The molecule has 2 amide bonds. The van der Waals surface area contributed by atoms with E-state index in [9.17, 15) is 14.0 Å². The fourth-order valence-corrected chi connectivity index (χ4v) is 1.13. The number of aryl methyl sites for hydroxylation is 1. The number of anilines is 1. The van der Waals surface area contributed by atoms with Crippen LogP contribution in [0.25, 0.3) is 0 Å². The van der Waals surface area contributed by atoms with Gasteiger partial charge in [-0.1, -0.05) is 6.07 Å². The van der Waals surface area contributed by atoms with E-state index >= 15 is 0 Å². The minimum absolute atomic E-state index is 0. The van der Waals surface area contributed by atoms with Gasteiger partial charge in [0.05, 0.1) is 13.1 Å². The van der Waals surface area contributed by atoms with Gasteiger partial charge in [-0.2, -0.15) is 0 Å². The molecule has 5 nitrogen and oxygen atoms in total. The van der Waals surface area contributed by atoms with Crippen molar-refractivity contribution in [3.05, 3.63) is 29.6 Å². The summed E-state index contributed by atoms with van der Waals surface area (Å²) in [4.78, 5) is 22.1. The summed E-state index contributed by atoms with van der Waals surface area (Å²) in [6.45, 7) is 1.26. The van der Waals surface area contributed by atoms with Gasteiger partial charge in [-0.15, -0.1) is 12.4 Å². The van der Waals surface area contributed by atoms with Crippen molar-refractivity contribution in [1.29, 1.82) is 0 Å². The summed E-state index contributed by atoms with van der Waals surface area (Å²) in [7, 11) is 0. The molecule has 0 unspecified atom stereocenters. The van der Waals surface area contributed by atoms with Gasteiger partial charge in [0.15, 0.2) is 0 Å². The number of hydrogen-bond donors (Lipinski definition) is 3. The molecule has 0 atom stereocenters. The fourth-order valence-electron chi connectivity index (χ4n) is 1.13. The van der Waals surface area contributed by atoms with Crippen LogP contribution in [-0.2, 0) is 9.59 Å². The predicted molar refractivity (Wildman–Crippen MR) is 69.1 cm³/mol. The Bertz CT molecular complexity index is 440. The van der Waals surface area contributed by atoms with Crippen LogP contribution in [0.15, 0.2) is 18.2 Å². The Morgan fingerprint density at radius 2 is 2.00 bits per heavy atom. The van der Waals surface area contributed by atoms with E-state index in [2.05, 4.69) is 10.6 Å². The molecule has 1 aromatic carbocycles. The SMILES string of the molecule is Cc1ccc(NC(=O)CNC(=O)CN)cc1F.Cl. The third-order valence-electron chi connectivity index (χ3n) is 2.09. The maximum Gasteiger partial charge on any atom is 0.243 e. The van der Waals surface area contributed by atoms with Gasteiger partial charge >= 0.3 is 0 Å². The maximum atomic E-state index is 13.2. The molecule has 0 radical (unpaired) electrons. The molecule has 0 bridgehead atoms. The minimum Gasteiger partial charge on any atom is -0.346 e. The van der Waals surface area contributed by atoms with E-state index in [0.717, 1.165) is 0 Å². The van der Waals surface area contributed by atoms with Crippen molar-refractivity contribution >= 4 is 29.9 Å². The number of hydrogen-bond acceptors (Lipinski definition) is 3. The van der Waals surface area contributed by atoms with Gasteiger partial charge in [0.25, 0.3) is 0 Å². The lowest BCUT2D eigenvalue weighted by Gasteiger charge is -2.07. The van der Waals surface area contributed by atoms with Gasteiger partial charge in [-0.3, -0.25) is 9.59 Å². The third-order valence-corrected chi connectivity index (χ3v) is 2.09. The molecule has 1 rings (SSSR count). The molecule has 1 aromatic rings. The average Bonchev–Trinajstić information content (AvgIpc) is 2.31. The van der Waals surface area contributed by atoms with Gasteiger partial charge in [-0.05, 0) is 24.6 Å². The summed E-state index contributed by atoms with van der Waals surface area (Å²) in [5.41, 5.74) is 5.90. The number of carbonyl (C=O) groups is 2. The van der Waals surface area contributed by atoms with E-state index in [0.29, 0.717) is 11.3 Å². The molecule has 0 saturated heterocycles. The first-order valence-corrected chi connectivity index (χ1v) is 5.05. The highest BCUT2D eigenvalue weighted by atomic mass is 35.5. The Morgan fingerprint density at radius 3 is 2.56 bits per heavy atom. The topological polar surface area (TPSA) is 84.2 Å². The van der Waals surface area contributed by atoms with Crippen LogP contribution in [0.5, 0.6) is 0 Å². The Labute approximate surface area is 110 Å². The molecule has 7 heteroatoms. The summed E-state index contributed by atoms with van der Waals surface area (Å²) >= 11 is 0. The first-order chi connectivity index (χ1) is 8.02. The van der Waals surface area contributed by atoms with Gasteiger partial charge in [-0.25, -0.2) is 4.39 Å². The molecule has 0 aromatic heterocycles. The van der Waals surface area contributed by atoms with Crippen LogP contribution in [0.4, 0.5) is 10.1 Å². The Kier molecular flexibility index (Phi) is 6.92. The lowest BCUT2D eigenvalue weighted by atomic mass is 10.2. The summed E-state index contributed by atoms with van der Waals surface area (Å²) < 4.78 is 13.2. The van der Waals surface area contributed by atoms with E-state index in [1.807, 2.05) is 0 Å². The molecule has 0 spiro atoms. The molecule has 18 heavy (non-hydrogen) atoms. The van der Waals surface area contributed by atoms with E-state index in [1.165, 1.54) is 6.07 Å². The van der Waals surface area contributed by atoms with Crippen LogP contribution < -0.4 is 16.4 Å². The number of amides is 2. The zero-order valence-electron chi connectivity index (χ0n) is 9.83. The average molecular weight is 276 g/mol. The number of rotatable bonds is 4. The number of halogens is 2. The first-order valence-electron chi connectivity index (χ1n) is 5.05. The summed E-state index contributed by atoms with van der Waals surface area (Å²) in [6, 6.07) is 4.36. The van der Waals surface area contributed by atoms with Gasteiger partial charge in [0, 0.05) is 5.69 Å². The molecule has 0 saturated carbocycles. The first kappa shape index (κ1) is 16.3. The molecule has 0 fully saturated rings. The number of benzene rings is 1. The normalized spacial score (nSPS) is 9.28. The quantitative estimate of drug-likeness (QED) is 0.751. The zero-order valence-corrected chi connectivity index (χ0v) is 10.6. The van der Waals surface area contributed by atoms with Crippen molar-refractivity contribution in [2.45, 2.75) is 6.92 Å². The Hall–Kier alpha value is -1.66. The summed E-state index contributed by atoms with van der Waals surface area (Å²) in [6.07, 6.45) is 0. The minimum atomic E-state index is -0.435. The Balaban J connectivity index is 0.00000289. The second-order valence-corrected chi connectivity index (χ2v) is 3.49. The number of nitrogens with two attached hydrogens (primary N) is 1. The molecule has 4 N–H and O–H groups in total. The van der Waals surface area contributed by atoms with Gasteiger partial charge in [0.2, 0.25) is 11.8 Å². The number of nitrogens with one attached hydrogen (secondary N) is 2. The third kappa shape index (κ3) is 5.11. The van der Waals surface area contributed by atoms with Crippen molar-refractivity contribution in [1.82, 2.24) is 5.32 Å². The van der Waals surface area contributed by atoms with Crippen molar-refractivity contribution in [3.63, 3.8) is 0 Å². The predicted octanol–water partition coefficient (Wildman–Crippen LogP) is 0.569. The number of carbonyl (C=O) groups excluding carboxylic acids is 2. The highest BCUT2D eigenvalue weighted by Gasteiger charge is 2.05. The van der Waals surface area contributed by atoms with E-state index in [4.69, 9.17) is 5.73 Å². The maximum absolute atomic E-state index is 13.2. The highest BCUT2D eigenvalue weighted by molar-refractivity contribution is 5.94. The van der Waals surface area contributed by atoms with E-state index in [1.54, 1.807) is 19.1 Å². The second-order valence-electron chi connectivity index (χ2n) is 3.49. The van der Waals surface area contributed by atoms with Crippen LogP contribution in [0, 0.1) is 12.7 Å². The van der Waals surface area contributed by atoms with Gasteiger partial charge < -0.3 is 16.4 Å². The largest absolute Gasteiger partial charge is 0.346 e. The van der Waals surface area contributed by atoms with Crippen LogP contribution >= 0.6 is 12.4 Å². The summed E-state index contributed by atoms with van der Waals surface area (Å²) in [5, 5.41) is 4.76. The lowest BCUT2D eigenvalue weighted by Crippen LogP contribution is -2.36. The second kappa shape index (κ2) is 7.62. The molecule has 0 aliphatic carbocycles. The zero-order chi connectivity index (χ0) is 12.8. The molecular formula is C11H15ClFN3O2. The highest BCUT2D eigenvalue weighted by Crippen LogP contribution is 2.13. The van der Waals surface area contributed by atoms with Crippen molar-refractivity contribution < 1.29 is 14.0 Å². The smallest absolute Gasteiger partial charge is 0.243 e. The van der Waals surface area contributed by atoms with Crippen LogP contribution in [0.1, 0.15) is 5.56 Å². The lowest BCUT2D eigenvalue weighted by molar-refractivity contribution is -0.123. The molecular weight excluding hydrogens is 261 g/mol. The molecule has 0 heterocycles. The Morgan fingerprint density at radius 1 is 1.33 bits per heavy atom. The van der Waals surface area contributed by atoms with Crippen molar-refractivity contribution in [3.8, 4) is 0 Å². The van der Waals surface area contributed by atoms with E-state index in [-0.39, 0.29) is 25.5 Å². The van der Waals surface area contributed by atoms with Crippen LogP contribution in [-0.4, -0.2) is 24.9 Å². The van der Waals surface area contributed by atoms with Crippen LogP contribution in [0.3, 0.4) is 0 Å². The van der Waals surface area contributed by atoms with Crippen molar-refractivity contribution in [2.24, 2.45) is 5.73 Å². The van der Waals surface area contributed by atoms with E-state index < -0.39 is 17.6 Å². The fraction of sp³-hybridized carbons (Fsp3) is 0.273. The standard InChI is InChI=1S/C11H14FN3O2.ClH/c1-7-2-3-8(4-9(7)12)15-11(17)6-14-10(16)5-13;/h2-4H,5-6,13H2,1H3,(H,14,16)(H,15,17);1H. The molecule has 100 valence electrons. The summed E-state index contributed by atoms with van der Waals surface area (Å²) in [5.74, 6) is -1.25. The van der Waals surface area contributed by atoms with Crippen LogP contribution in [0.2, 0.25) is 0 Å². The molecule has 0 aliphatic heterocycles. The monoisotopic (exact) mass is 275 g/mol. The molecule has 0 aliphatic rings.